The Balaban J connectivity index is 1.51. The maximum Gasteiger partial charge on any atom is 0.188 e. The Morgan fingerprint density at radius 3 is 1.67 bits per heavy atom. The molecule has 4 heterocycles. The summed E-state index contributed by atoms with van der Waals surface area (Å²) in [5.41, 5.74) is 1.30. The van der Waals surface area contributed by atoms with Gasteiger partial charge in [-0.3, -0.25) is 0 Å². The molecule has 0 saturated carbocycles. The third kappa shape index (κ3) is 11.9. The molecule has 4 fully saturated rings. The summed E-state index contributed by atoms with van der Waals surface area (Å²) in [6.45, 7) is 15.7. The lowest BCUT2D eigenvalue weighted by atomic mass is 9.95. The fraction of sp³-hybridized carbons (Fsp3) is 0.846. The smallest absolute Gasteiger partial charge is 0.188 e. The van der Waals surface area contributed by atoms with Gasteiger partial charge in [0, 0.05) is 0 Å². The van der Waals surface area contributed by atoms with E-state index in [9.17, 15) is 51.1 Å². The number of allylic oxidation sites excluding steroid dienone is 4. The zero-order valence-electron chi connectivity index (χ0n) is 33.8. The van der Waals surface area contributed by atoms with Crippen molar-refractivity contribution >= 4 is 0 Å². The van der Waals surface area contributed by atoms with Gasteiger partial charge in [0.1, 0.15) is 79.4 Å². The molecule has 0 amide bonds. The van der Waals surface area contributed by atoms with E-state index in [4.69, 9.17) is 37.9 Å². The van der Waals surface area contributed by atoms with Gasteiger partial charge in [-0.2, -0.15) is 0 Å². The Bertz CT molecular complexity index is 1330. The maximum atomic E-state index is 11.5. The van der Waals surface area contributed by atoms with Crippen molar-refractivity contribution in [2.24, 2.45) is 0 Å². The van der Waals surface area contributed by atoms with Gasteiger partial charge in [-0.05, 0) is 74.1 Å². The van der Waals surface area contributed by atoms with Crippen molar-refractivity contribution in [2.75, 3.05) is 6.61 Å². The lowest BCUT2D eigenvalue weighted by Crippen LogP contribution is -2.66. The van der Waals surface area contributed by atoms with Crippen LogP contribution < -0.4 is 0 Å². The van der Waals surface area contributed by atoms with E-state index in [0.717, 1.165) is 12.8 Å². The van der Waals surface area contributed by atoms with Crippen molar-refractivity contribution in [3.63, 3.8) is 0 Å². The lowest BCUT2D eigenvalue weighted by Gasteiger charge is -2.49. The van der Waals surface area contributed by atoms with E-state index in [0.29, 0.717) is 12.8 Å². The Labute approximate surface area is 333 Å². The van der Waals surface area contributed by atoms with Crippen LogP contribution in [-0.2, 0) is 37.9 Å². The molecule has 0 radical (unpaired) electrons. The third-order valence-electron chi connectivity index (χ3n) is 11.1. The zero-order valence-corrected chi connectivity index (χ0v) is 33.8. The van der Waals surface area contributed by atoms with Gasteiger partial charge in [-0.25, -0.2) is 0 Å². The van der Waals surface area contributed by atoms with Crippen molar-refractivity contribution in [3.8, 4) is 0 Å². The Hall–Kier alpha value is -1.50. The molecule has 10 N–H and O–H groups in total. The molecular formula is C39H66O18. The van der Waals surface area contributed by atoms with E-state index < -0.39 is 135 Å². The molecule has 4 rings (SSSR count). The van der Waals surface area contributed by atoms with Crippen molar-refractivity contribution in [1.29, 1.82) is 0 Å². The third-order valence-corrected chi connectivity index (χ3v) is 11.1. The number of hydrogen-bond acceptors (Lipinski definition) is 18. The summed E-state index contributed by atoms with van der Waals surface area (Å²) < 4.78 is 47.0. The monoisotopic (exact) mass is 822 g/mol. The van der Waals surface area contributed by atoms with E-state index in [1.54, 1.807) is 13.0 Å². The van der Waals surface area contributed by atoms with Crippen LogP contribution in [0.5, 0.6) is 0 Å². The number of ether oxygens (including phenoxy) is 8. The predicted molar refractivity (Wildman–Crippen MR) is 199 cm³/mol. The highest BCUT2D eigenvalue weighted by Gasteiger charge is 2.54. The summed E-state index contributed by atoms with van der Waals surface area (Å²) in [5.74, 6) is 0. The fourth-order valence-electron chi connectivity index (χ4n) is 7.14. The largest absolute Gasteiger partial charge is 0.388 e. The highest BCUT2D eigenvalue weighted by Crippen LogP contribution is 2.35. The van der Waals surface area contributed by atoms with E-state index in [1.165, 1.54) is 31.9 Å². The number of aliphatic hydroxyl groups excluding tert-OH is 10. The number of aliphatic hydroxyl groups is 10. The predicted octanol–water partition coefficient (Wildman–Crippen LogP) is -1.22. The molecule has 0 spiro atoms. The minimum atomic E-state index is -1.84. The van der Waals surface area contributed by atoms with Crippen LogP contribution in [0.15, 0.2) is 36.0 Å². The summed E-state index contributed by atoms with van der Waals surface area (Å²) in [6.07, 6.45) is -21.0. The minimum Gasteiger partial charge on any atom is -0.388 e. The van der Waals surface area contributed by atoms with E-state index in [1.807, 2.05) is 20.8 Å². The first-order chi connectivity index (χ1) is 26.7. The fourth-order valence-corrected chi connectivity index (χ4v) is 7.14. The molecule has 0 aromatic carbocycles. The van der Waals surface area contributed by atoms with Gasteiger partial charge in [0.25, 0.3) is 0 Å². The van der Waals surface area contributed by atoms with Crippen LogP contribution in [0, 0.1) is 0 Å². The Kier molecular flexibility index (Phi) is 17.6. The second-order valence-corrected chi connectivity index (χ2v) is 16.2. The Morgan fingerprint density at radius 2 is 1.09 bits per heavy atom. The SMILES string of the molecule is C=CC(C)(CC/C=C(\C)CCC=C(C)C)O[C@@H]1O[C@H](CO[C@@H]2O[C@@H](C)[C@H](O)[C@@H](O)[C@H]2O)[C@@H](O)[C@H](O)[C@H]1O[C@@H]1O[C@@H](C)[C@H](O[C@@H]2O[C@@H](C)[C@H](O)[C@@H](O)[C@H]2O)[C@@H](O)[C@H]1O. The quantitative estimate of drug-likeness (QED) is 0.0817. The molecule has 330 valence electrons. The summed E-state index contributed by atoms with van der Waals surface area (Å²) in [4.78, 5) is 0. The molecule has 0 aromatic heterocycles. The second-order valence-electron chi connectivity index (χ2n) is 16.2. The molecule has 18 heteroatoms. The van der Waals surface area contributed by atoms with Crippen molar-refractivity contribution in [3.05, 3.63) is 36.0 Å². The molecular weight excluding hydrogens is 756 g/mol. The molecule has 21 atom stereocenters. The first kappa shape index (κ1) is 48.2. The van der Waals surface area contributed by atoms with Crippen LogP contribution in [-0.4, -0.2) is 186 Å². The summed E-state index contributed by atoms with van der Waals surface area (Å²) in [6, 6.07) is 0. The van der Waals surface area contributed by atoms with E-state index in [2.05, 4.69) is 18.7 Å². The molecule has 57 heavy (non-hydrogen) atoms. The number of rotatable bonds is 16. The standard InChI is InChI=1S/C39H66O18/c1-9-39(8,15-11-14-18(4)13-10-12-17(2)3)57-38-34(28(45)25(42)22(54-38)16-50-35-30(47)26(43)23(40)19(5)51-35)56-37-32(49)29(46)33(21(7)53-37)55-36-31(48)27(44)24(41)20(6)52-36/h9,12,14,19-38,40-49H,1,10-11,13,15-16H2,2-8H3/b18-14+/t19-,20-,21-,22+,23-,24-,25+,26+,27+,28-,29-,30+,31+,32+,33-,34+,35+,36-,37-,38-,39?/m0/s1. The van der Waals surface area contributed by atoms with Crippen molar-refractivity contribution in [2.45, 2.75) is 203 Å². The van der Waals surface area contributed by atoms with Gasteiger partial charge in [-0.1, -0.05) is 29.4 Å². The number of hydrogen-bond donors (Lipinski definition) is 10. The molecule has 0 aromatic rings. The highest BCUT2D eigenvalue weighted by molar-refractivity contribution is 5.05. The van der Waals surface area contributed by atoms with Crippen LogP contribution in [0.3, 0.4) is 0 Å². The summed E-state index contributed by atoms with van der Waals surface area (Å²) in [5, 5.41) is 107. The van der Waals surface area contributed by atoms with Gasteiger partial charge in [0.05, 0.1) is 30.5 Å². The van der Waals surface area contributed by atoms with Crippen LogP contribution in [0.25, 0.3) is 0 Å². The van der Waals surface area contributed by atoms with E-state index in [-0.39, 0.29) is 0 Å². The van der Waals surface area contributed by atoms with Gasteiger partial charge >= 0.3 is 0 Å². The average molecular weight is 823 g/mol. The van der Waals surface area contributed by atoms with Gasteiger partial charge in [-0.15, -0.1) is 6.58 Å². The van der Waals surface area contributed by atoms with Crippen LogP contribution in [0.2, 0.25) is 0 Å². The Morgan fingerprint density at radius 1 is 0.579 bits per heavy atom. The van der Waals surface area contributed by atoms with E-state index >= 15 is 0 Å². The van der Waals surface area contributed by atoms with Crippen molar-refractivity contribution < 1.29 is 89.0 Å². The normalized spacial score (nSPS) is 45.6. The second kappa shape index (κ2) is 20.8. The molecule has 0 bridgehead atoms. The summed E-state index contributed by atoms with van der Waals surface area (Å²) in [7, 11) is 0. The molecule has 1 unspecified atom stereocenters. The van der Waals surface area contributed by atoms with Gasteiger partial charge < -0.3 is 89.0 Å². The maximum absolute atomic E-state index is 11.5. The van der Waals surface area contributed by atoms with Crippen LogP contribution in [0.4, 0.5) is 0 Å². The molecule has 4 aliphatic rings. The molecule has 4 saturated heterocycles. The van der Waals surface area contributed by atoms with Gasteiger partial charge in [0.15, 0.2) is 25.2 Å². The van der Waals surface area contributed by atoms with Crippen LogP contribution in [0.1, 0.15) is 74.1 Å². The van der Waals surface area contributed by atoms with Gasteiger partial charge in [0.2, 0.25) is 0 Å². The topological polar surface area (TPSA) is 276 Å². The molecule has 4 aliphatic heterocycles. The first-order valence-corrected chi connectivity index (χ1v) is 19.6. The molecule has 18 nitrogen and oxygen atoms in total. The molecule has 0 aliphatic carbocycles. The summed E-state index contributed by atoms with van der Waals surface area (Å²) >= 11 is 0. The van der Waals surface area contributed by atoms with Crippen molar-refractivity contribution in [1.82, 2.24) is 0 Å². The van der Waals surface area contributed by atoms with Crippen LogP contribution >= 0.6 is 0 Å². The minimum absolute atomic E-state index is 0.403. The first-order valence-electron chi connectivity index (χ1n) is 19.6. The average Bonchev–Trinajstić information content (AvgIpc) is 3.16. The highest BCUT2D eigenvalue weighted by atomic mass is 16.8. The zero-order chi connectivity index (χ0) is 42.5. The lowest BCUT2D eigenvalue weighted by molar-refractivity contribution is -0.388.